The molecule has 3 aromatic carbocycles. The Kier molecular flexibility index (Phi) is 7.40. The van der Waals surface area contributed by atoms with Gasteiger partial charge < -0.3 is 15.4 Å². The molecule has 3 aromatic rings. The number of halogens is 1. The Labute approximate surface area is 182 Å². The number of rotatable bonds is 7. The van der Waals surface area contributed by atoms with Crippen molar-refractivity contribution in [3.05, 3.63) is 89.7 Å². The predicted molar refractivity (Wildman–Crippen MR) is 118 cm³/mol. The van der Waals surface area contributed by atoms with Crippen LogP contribution in [0.15, 0.2) is 77.7 Å². The molecule has 0 saturated carbocycles. The van der Waals surface area contributed by atoms with Crippen LogP contribution in [0.3, 0.4) is 0 Å². The minimum absolute atomic E-state index is 0.136. The quantitative estimate of drug-likeness (QED) is 0.416. The van der Waals surface area contributed by atoms with E-state index in [0.29, 0.717) is 16.9 Å². The van der Waals surface area contributed by atoms with Gasteiger partial charge in [-0.3, -0.25) is 9.59 Å². The molecular formula is C23H19FN2O4S. The average molecular weight is 438 g/mol. The summed E-state index contributed by atoms with van der Waals surface area (Å²) in [5, 5.41) is 5.44. The Morgan fingerprint density at radius 2 is 1.58 bits per heavy atom. The standard InChI is InChI=1S/C23H19FN2O4S/c1-30-23(29)19-4-2-3-5-20(19)26-21(27)14-31-18-12-10-17(11-13-18)25-22(28)15-6-8-16(24)9-7-15/h2-13H,14H2,1H3,(H,25,28)(H,26,27). The maximum Gasteiger partial charge on any atom is 0.339 e. The van der Waals surface area contributed by atoms with Gasteiger partial charge in [0, 0.05) is 16.1 Å². The summed E-state index contributed by atoms with van der Waals surface area (Å²) in [4.78, 5) is 37.1. The molecule has 0 saturated heterocycles. The molecule has 0 heterocycles. The highest BCUT2D eigenvalue weighted by molar-refractivity contribution is 8.00. The smallest absolute Gasteiger partial charge is 0.339 e. The van der Waals surface area contributed by atoms with Crippen LogP contribution in [-0.2, 0) is 9.53 Å². The maximum atomic E-state index is 13.0. The Morgan fingerprint density at radius 3 is 2.26 bits per heavy atom. The van der Waals surface area contributed by atoms with Gasteiger partial charge >= 0.3 is 5.97 Å². The lowest BCUT2D eigenvalue weighted by atomic mass is 10.2. The number of hydrogen-bond acceptors (Lipinski definition) is 5. The van der Waals surface area contributed by atoms with E-state index in [1.54, 1.807) is 48.5 Å². The van der Waals surface area contributed by atoms with E-state index in [2.05, 4.69) is 10.6 Å². The number of hydrogen-bond donors (Lipinski definition) is 2. The summed E-state index contributed by atoms with van der Waals surface area (Å²) in [5.41, 5.74) is 1.60. The summed E-state index contributed by atoms with van der Waals surface area (Å²) >= 11 is 1.31. The fraction of sp³-hybridized carbons (Fsp3) is 0.0870. The van der Waals surface area contributed by atoms with E-state index in [1.807, 2.05) is 0 Å². The van der Waals surface area contributed by atoms with Gasteiger partial charge in [0.2, 0.25) is 5.91 Å². The molecule has 0 unspecified atom stereocenters. The first-order valence-corrected chi connectivity index (χ1v) is 10.2. The van der Waals surface area contributed by atoms with Gasteiger partial charge in [-0.1, -0.05) is 12.1 Å². The summed E-state index contributed by atoms with van der Waals surface area (Å²) in [6.45, 7) is 0. The van der Waals surface area contributed by atoms with Crippen molar-refractivity contribution >= 4 is 40.9 Å². The third kappa shape index (κ3) is 6.16. The van der Waals surface area contributed by atoms with E-state index in [9.17, 15) is 18.8 Å². The highest BCUT2D eigenvalue weighted by atomic mass is 32.2. The number of thioether (sulfide) groups is 1. The minimum atomic E-state index is -0.526. The van der Waals surface area contributed by atoms with E-state index >= 15 is 0 Å². The Bertz CT molecular complexity index is 1090. The van der Waals surface area contributed by atoms with Gasteiger partial charge in [0.1, 0.15) is 5.82 Å². The molecule has 0 aliphatic rings. The number of carbonyl (C=O) groups is 3. The predicted octanol–water partition coefficient (Wildman–Crippen LogP) is 4.60. The molecule has 0 aliphatic carbocycles. The van der Waals surface area contributed by atoms with Crippen LogP contribution in [0.2, 0.25) is 0 Å². The fourth-order valence-electron chi connectivity index (χ4n) is 2.65. The first kappa shape index (κ1) is 22.0. The first-order chi connectivity index (χ1) is 15.0. The number of methoxy groups -OCH3 is 1. The topological polar surface area (TPSA) is 84.5 Å². The van der Waals surface area contributed by atoms with Crippen LogP contribution in [0.25, 0.3) is 0 Å². The maximum absolute atomic E-state index is 13.0. The van der Waals surface area contributed by atoms with Crippen molar-refractivity contribution < 1.29 is 23.5 Å². The molecule has 0 aliphatic heterocycles. The van der Waals surface area contributed by atoms with Gasteiger partial charge in [-0.25, -0.2) is 9.18 Å². The van der Waals surface area contributed by atoms with Crippen molar-refractivity contribution in [1.82, 2.24) is 0 Å². The number of para-hydroxylation sites is 1. The van der Waals surface area contributed by atoms with Crippen molar-refractivity contribution in [2.24, 2.45) is 0 Å². The second-order valence-corrected chi connectivity index (χ2v) is 7.41. The van der Waals surface area contributed by atoms with Crippen LogP contribution in [-0.4, -0.2) is 30.6 Å². The molecule has 3 rings (SSSR count). The van der Waals surface area contributed by atoms with Gasteiger partial charge in [-0.15, -0.1) is 11.8 Å². The normalized spacial score (nSPS) is 10.3. The minimum Gasteiger partial charge on any atom is -0.465 e. The zero-order valence-corrected chi connectivity index (χ0v) is 17.4. The van der Waals surface area contributed by atoms with Gasteiger partial charge in [-0.05, 0) is 60.7 Å². The molecule has 0 radical (unpaired) electrons. The fourth-order valence-corrected chi connectivity index (χ4v) is 3.35. The molecule has 8 heteroatoms. The number of esters is 1. The molecule has 0 atom stereocenters. The zero-order valence-electron chi connectivity index (χ0n) is 16.6. The highest BCUT2D eigenvalue weighted by Crippen LogP contribution is 2.22. The van der Waals surface area contributed by atoms with E-state index < -0.39 is 11.8 Å². The summed E-state index contributed by atoms with van der Waals surface area (Å²) in [6, 6.07) is 18.9. The molecule has 6 nitrogen and oxygen atoms in total. The third-order valence-electron chi connectivity index (χ3n) is 4.19. The summed E-state index contributed by atoms with van der Waals surface area (Å²) in [6.07, 6.45) is 0. The lowest BCUT2D eigenvalue weighted by Crippen LogP contribution is -2.17. The molecule has 0 spiro atoms. The van der Waals surface area contributed by atoms with Gasteiger partial charge in [0.05, 0.1) is 24.1 Å². The van der Waals surface area contributed by atoms with Gasteiger partial charge in [0.15, 0.2) is 0 Å². The second-order valence-electron chi connectivity index (χ2n) is 6.36. The number of benzene rings is 3. The van der Waals surface area contributed by atoms with Crippen molar-refractivity contribution in [3.8, 4) is 0 Å². The molecule has 0 fully saturated rings. The molecule has 2 amide bonds. The van der Waals surface area contributed by atoms with Crippen LogP contribution in [0, 0.1) is 5.82 Å². The number of carbonyl (C=O) groups excluding carboxylic acids is 3. The summed E-state index contributed by atoms with van der Waals surface area (Å²) in [7, 11) is 1.28. The van der Waals surface area contributed by atoms with E-state index in [1.165, 1.54) is 43.1 Å². The Hall–Kier alpha value is -3.65. The van der Waals surface area contributed by atoms with Crippen LogP contribution in [0.4, 0.5) is 15.8 Å². The molecule has 0 bridgehead atoms. The molecule has 0 aromatic heterocycles. The van der Waals surface area contributed by atoms with Crippen LogP contribution in [0.1, 0.15) is 20.7 Å². The monoisotopic (exact) mass is 438 g/mol. The second kappa shape index (κ2) is 10.4. The average Bonchev–Trinajstić information content (AvgIpc) is 2.79. The van der Waals surface area contributed by atoms with Crippen molar-refractivity contribution in [2.75, 3.05) is 23.5 Å². The van der Waals surface area contributed by atoms with Gasteiger partial charge in [-0.2, -0.15) is 0 Å². The molecular weight excluding hydrogens is 419 g/mol. The van der Waals surface area contributed by atoms with Crippen LogP contribution >= 0.6 is 11.8 Å². The third-order valence-corrected chi connectivity index (χ3v) is 5.21. The van der Waals surface area contributed by atoms with E-state index in [0.717, 1.165) is 4.90 Å². The first-order valence-electron chi connectivity index (χ1n) is 9.23. The van der Waals surface area contributed by atoms with Crippen molar-refractivity contribution in [2.45, 2.75) is 4.90 Å². The SMILES string of the molecule is COC(=O)c1ccccc1NC(=O)CSc1ccc(NC(=O)c2ccc(F)cc2)cc1. The van der Waals surface area contributed by atoms with Crippen molar-refractivity contribution in [1.29, 1.82) is 0 Å². The van der Waals surface area contributed by atoms with E-state index in [-0.39, 0.29) is 23.1 Å². The summed E-state index contributed by atoms with van der Waals surface area (Å²) < 4.78 is 17.7. The molecule has 158 valence electrons. The highest BCUT2D eigenvalue weighted by Gasteiger charge is 2.13. The van der Waals surface area contributed by atoms with Crippen molar-refractivity contribution in [3.63, 3.8) is 0 Å². The van der Waals surface area contributed by atoms with Gasteiger partial charge in [0.25, 0.3) is 5.91 Å². The lowest BCUT2D eigenvalue weighted by Gasteiger charge is -2.10. The zero-order chi connectivity index (χ0) is 22.2. The number of anilines is 2. The number of amides is 2. The lowest BCUT2D eigenvalue weighted by molar-refractivity contribution is -0.113. The number of nitrogens with one attached hydrogen (secondary N) is 2. The number of ether oxygens (including phenoxy) is 1. The van der Waals surface area contributed by atoms with Crippen LogP contribution in [0.5, 0.6) is 0 Å². The van der Waals surface area contributed by atoms with Crippen LogP contribution < -0.4 is 10.6 Å². The molecule has 2 N–H and O–H groups in total. The van der Waals surface area contributed by atoms with E-state index in [4.69, 9.17) is 4.74 Å². The Morgan fingerprint density at radius 1 is 0.903 bits per heavy atom. The largest absolute Gasteiger partial charge is 0.465 e. The Balaban J connectivity index is 1.53. The summed E-state index contributed by atoms with van der Waals surface area (Å²) in [5.74, 6) is -1.41. The molecule has 31 heavy (non-hydrogen) atoms.